The van der Waals surface area contributed by atoms with Gasteiger partial charge in [-0.2, -0.15) is 0 Å². The normalized spacial score (nSPS) is 33.8. The lowest BCUT2D eigenvalue weighted by atomic mass is 9.79. The average Bonchev–Trinajstić information content (AvgIpc) is 2.50. The maximum absolute atomic E-state index is 11.4. The van der Waals surface area contributed by atoms with Crippen molar-refractivity contribution in [3.63, 3.8) is 0 Å². The highest BCUT2D eigenvalue weighted by atomic mass is 16.8. The van der Waals surface area contributed by atoms with Crippen molar-refractivity contribution < 1.29 is 33.9 Å². The van der Waals surface area contributed by atoms with Crippen molar-refractivity contribution in [3.8, 4) is 0 Å². The number of rotatable bonds is 10. The van der Waals surface area contributed by atoms with Crippen LogP contribution >= 0.6 is 0 Å². The average molecular weight is 336 g/mol. The number of aliphatic hydroxyl groups is 2. The lowest BCUT2D eigenvalue weighted by Gasteiger charge is -2.57. The predicted octanol–water partition coefficient (Wildman–Crippen LogP) is 1.40. The zero-order valence-corrected chi connectivity index (χ0v) is 15.0. The first kappa shape index (κ1) is 20.8. The Labute approximate surface area is 138 Å². The highest BCUT2D eigenvalue weighted by molar-refractivity contribution is 5.07. The molecular weight excluding hydrogens is 304 g/mol. The lowest BCUT2D eigenvalue weighted by Crippen LogP contribution is -2.78. The summed E-state index contributed by atoms with van der Waals surface area (Å²) >= 11 is 0. The van der Waals surface area contributed by atoms with Crippen molar-refractivity contribution in [2.45, 2.75) is 70.9 Å². The van der Waals surface area contributed by atoms with E-state index in [1.165, 1.54) is 0 Å². The first-order chi connectivity index (χ1) is 10.9. The Balaban J connectivity index is 3.43. The first-order valence-corrected chi connectivity index (χ1v) is 8.53. The quantitative estimate of drug-likeness (QED) is 0.583. The largest absolute Gasteiger partial charge is 0.373 e. The molecule has 1 rings (SSSR count). The minimum absolute atomic E-state index is 0.143. The van der Waals surface area contributed by atoms with Gasteiger partial charge in [0.2, 0.25) is 5.79 Å². The zero-order valence-electron chi connectivity index (χ0n) is 15.0. The molecule has 1 aliphatic rings. The smallest absolute Gasteiger partial charge is 0.279 e. The lowest BCUT2D eigenvalue weighted by molar-refractivity contribution is -0.510. The van der Waals surface area contributed by atoms with Gasteiger partial charge in [-0.25, -0.2) is 0 Å². The highest BCUT2D eigenvalue weighted by Gasteiger charge is 2.73. The summed E-state index contributed by atoms with van der Waals surface area (Å²) in [6.07, 6.45) is -0.0476. The minimum Gasteiger partial charge on any atom is -0.373 e. The van der Waals surface area contributed by atoms with Crippen molar-refractivity contribution in [2.75, 3.05) is 33.0 Å². The van der Waals surface area contributed by atoms with Crippen LogP contribution in [0.15, 0.2) is 0 Å². The van der Waals surface area contributed by atoms with Crippen molar-refractivity contribution in [2.24, 2.45) is 0 Å². The van der Waals surface area contributed by atoms with Crippen LogP contribution < -0.4 is 0 Å². The van der Waals surface area contributed by atoms with E-state index < -0.39 is 23.5 Å². The molecule has 0 heterocycles. The van der Waals surface area contributed by atoms with Crippen LogP contribution in [-0.2, 0) is 23.7 Å². The van der Waals surface area contributed by atoms with Crippen LogP contribution in [0, 0.1) is 0 Å². The molecule has 1 aliphatic carbocycles. The van der Waals surface area contributed by atoms with E-state index in [1.54, 1.807) is 27.7 Å². The molecule has 0 amide bonds. The van der Waals surface area contributed by atoms with Crippen LogP contribution in [0.4, 0.5) is 0 Å². The monoisotopic (exact) mass is 336 g/mol. The number of ether oxygens (including phenoxy) is 5. The number of hydrogen-bond acceptors (Lipinski definition) is 7. The first-order valence-electron chi connectivity index (χ1n) is 8.53. The van der Waals surface area contributed by atoms with Gasteiger partial charge in [0.25, 0.3) is 11.6 Å². The molecule has 0 aromatic rings. The van der Waals surface area contributed by atoms with E-state index in [4.69, 9.17) is 23.7 Å². The predicted molar refractivity (Wildman–Crippen MR) is 83.8 cm³/mol. The summed E-state index contributed by atoms with van der Waals surface area (Å²) in [6.45, 7) is 10.1. The summed E-state index contributed by atoms with van der Waals surface area (Å²) in [7, 11) is 0. The highest BCUT2D eigenvalue weighted by Crippen LogP contribution is 2.49. The summed E-state index contributed by atoms with van der Waals surface area (Å²) in [6, 6.07) is 0. The van der Waals surface area contributed by atoms with Crippen LogP contribution in [0.1, 0.15) is 47.5 Å². The Morgan fingerprint density at radius 2 is 1.30 bits per heavy atom. The summed E-state index contributed by atoms with van der Waals surface area (Å²) in [5, 5.41) is 22.3. The Hall–Kier alpha value is -0.280. The van der Waals surface area contributed by atoms with Gasteiger partial charge >= 0.3 is 0 Å². The maximum atomic E-state index is 11.4. The van der Waals surface area contributed by atoms with Crippen molar-refractivity contribution in [1.29, 1.82) is 0 Å². The fourth-order valence-electron chi connectivity index (χ4n) is 3.25. The third-order valence-electron chi connectivity index (χ3n) is 3.99. The van der Waals surface area contributed by atoms with Gasteiger partial charge in [0.15, 0.2) is 0 Å². The standard InChI is InChI=1S/C16H32O7/c1-6-19-13-11-12-14(17,20-7-2)16(18,23-10-5)15(13,21-8-3)22-9-4/h13,17-18H,6-12H2,1-5H3. The molecule has 2 N–H and O–H groups in total. The van der Waals surface area contributed by atoms with Crippen LogP contribution in [0.2, 0.25) is 0 Å². The second-order valence-electron chi connectivity index (χ2n) is 5.31. The molecule has 138 valence electrons. The second kappa shape index (κ2) is 8.71. The van der Waals surface area contributed by atoms with Gasteiger partial charge in [0.1, 0.15) is 6.10 Å². The SMILES string of the molecule is CCOC1CCC(O)(OCC)C(O)(OCC)C1(OCC)OCC. The van der Waals surface area contributed by atoms with E-state index in [9.17, 15) is 10.2 Å². The van der Waals surface area contributed by atoms with E-state index in [0.717, 1.165) is 0 Å². The zero-order chi connectivity index (χ0) is 17.6. The molecule has 3 atom stereocenters. The third kappa shape index (κ3) is 3.56. The van der Waals surface area contributed by atoms with Gasteiger partial charge in [-0.05, 0) is 41.0 Å². The van der Waals surface area contributed by atoms with Gasteiger partial charge in [-0.15, -0.1) is 0 Å². The van der Waals surface area contributed by atoms with Gasteiger partial charge in [0.05, 0.1) is 0 Å². The molecule has 1 saturated carbocycles. The van der Waals surface area contributed by atoms with Crippen LogP contribution in [0.25, 0.3) is 0 Å². The Bertz CT molecular complexity index is 345. The maximum Gasteiger partial charge on any atom is 0.279 e. The van der Waals surface area contributed by atoms with E-state index in [-0.39, 0.29) is 32.8 Å². The Morgan fingerprint density at radius 3 is 1.74 bits per heavy atom. The fraction of sp³-hybridized carbons (Fsp3) is 1.00. The van der Waals surface area contributed by atoms with Crippen molar-refractivity contribution >= 4 is 0 Å². The molecule has 0 radical (unpaired) electrons. The Kier molecular flexibility index (Phi) is 7.86. The Morgan fingerprint density at radius 1 is 0.783 bits per heavy atom. The molecule has 3 unspecified atom stereocenters. The molecule has 1 fully saturated rings. The minimum atomic E-state index is -2.21. The van der Waals surface area contributed by atoms with Gasteiger partial charge in [0, 0.05) is 39.5 Å². The van der Waals surface area contributed by atoms with E-state index in [1.807, 2.05) is 6.92 Å². The fourth-order valence-corrected chi connectivity index (χ4v) is 3.25. The molecule has 0 aromatic heterocycles. The van der Waals surface area contributed by atoms with E-state index >= 15 is 0 Å². The topological polar surface area (TPSA) is 86.6 Å². The van der Waals surface area contributed by atoms with Crippen LogP contribution in [-0.4, -0.2) is 66.7 Å². The molecule has 0 aliphatic heterocycles. The molecule has 0 saturated heterocycles. The molecule has 0 aromatic carbocycles. The third-order valence-corrected chi connectivity index (χ3v) is 3.99. The van der Waals surface area contributed by atoms with Crippen LogP contribution in [0.3, 0.4) is 0 Å². The van der Waals surface area contributed by atoms with Crippen LogP contribution in [0.5, 0.6) is 0 Å². The number of hydrogen-bond donors (Lipinski definition) is 2. The van der Waals surface area contributed by atoms with Gasteiger partial charge in [-0.3, -0.25) is 0 Å². The summed E-state index contributed by atoms with van der Waals surface area (Å²) in [5.41, 5.74) is 0. The van der Waals surface area contributed by atoms with Crippen molar-refractivity contribution in [1.82, 2.24) is 0 Å². The summed E-state index contributed by atoms with van der Waals surface area (Å²) in [4.78, 5) is 0. The second-order valence-corrected chi connectivity index (χ2v) is 5.31. The molecule has 7 nitrogen and oxygen atoms in total. The van der Waals surface area contributed by atoms with Crippen molar-refractivity contribution in [3.05, 3.63) is 0 Å². The summed E-state index contributed by atoms with van der Waals surface area (Å²) in [5.74, 6) is -5.84. The van der Waals surface area contributed by atoms with Gasteiger partial charge < -0.3 is 33.9 Å². The van der Waals surface area contributed by atoms with E-state index in [2.05, 4.69) is 0 Å². The molecule has 0 bridgehead atoms. The molecule has 7 heteroatoms. The molecule has 23 heavy (non-hydrogen) atoms. The molecule has 0 spiro atoms. The van der Waals surface area contributed by atoms with E-state index in [0.29, 0.717) is 13.0 Å². The summed E-state index contributed by atoms with van der Waals surface area (Å²) < 4.78 is 28.5. The van der Waals surface area contributed by atoms with Gasteiger partial charge in [-0.1, -0.05) is 0 Å². The molecular formula is C16H32O7.